The van der Waals surface area contributed by atoms with Gasteiger partial charge < -0.3 is 20.4 Å². The minimum absolute atomic E-state index is 0. The van der Waals surface area contributed by atoms with Crippen molar-refractivity contribution >= 4 is 52.9 Å². The molecule has 0 aliphatic carbocycles. The third kappa shape index (κ3) is 7.38. The van der Waals surface area contributed by atoms with Crippen LogP contribution in [0.5, 0.6) is 0 Å². The molecule has 6 nitrogen and oxygen atoms in total. The van der Waals surface area contributed by atoms with Crippen molar-refractivity contribution in [3.8, 4) is 0 Å². The summed E-state index contributed by atoms with van der Waals surface area (Å²) in [6.45, 7) is 9.11. The van der Waals surface area contributed by atoms with Crippen LogP contribution in [0.25, 0.3) is 0 Å². The average Bonchev–Trinajstić information content (AvgIpc) is 3.33. The van der Waals surface area contributed by atoms with Gasteiger partial charge in [0.25, 0.3) is 0 Å². The summed E-state index contributed by atoms with van der Waals surface area (Å²) >= 11 is 1.77. The van der Waals surface area contributed by atoms with Crippen molar-refractivity contribution in [2.45, 2.75) is 25.7 Å². The molecule has 0 bridgehead atoms. The number of anilines is 1. The molecule has 2 heterocycles. The van der Waals surface area contributed by atoms with E-state index in [0.717, 1.165) is 38.7 Å². The predicted molar refractivity (Wildman–Crippen MR) is 142 cm³/mol. The van der Waals surface area contributed by atoms with Crippen LogP contribution in [0, 0.1) is 0 Å². The van der Waals surface area contributed by atoms with Gasteiger partial charge in [0.15, 0.2) is 5.96 Å². The van der Waals surface area contributed by atoms with Crippen molar-refractivity contribution in [1.82, 2.24) is 15.5 Å². The van der Waals surface area contributed by atoms with Crippen molar-refractivity contribution in [2.75, 3.05) is 51.2 Å². The van der Waals surface area contributed by atoms with Gasteiger partial charge in [-0.25, -0.2) is 0 Å². The first-order valence-electron chi connectivity index (χ1n) is 10.6. The molecule has 1 aromatic heterocycles. The minimum Gasteiger partial charge on any atom is -0.368 e. The summed E-state index contributed by atoms with van der Waals surface area (Å²) in [6, 6.07) is 14.6. The first-order valence-corrected chi connectivity index (χ1v) is 11.4. The third-order valence-corrected chi connectivity index (χ3v) is 6.73. The first-order chi connectivity index (χ1) is 14.5. The van der Waals surface area contributed by atoms with Gasteiger partial charge in [0, 0.05) is 68.7 Å². The highest BCUT2D eigenvalue weighted by Crippen LogP contribution is 2.26. The molecule has 2 N–H and O–H groups in total. The Balaban J connectivity index is 0.00000341. The number of halogens is 1. The maximum Gasteiger partial charge on any atom is 0.224 e. The fraction of sp³-hybridized carbons (Fsp3) is 0.478. The van der Waals surface area contributed by atoms with Gasteiger partial charge in [0.05, 0.1) is 0 Å². The van der Waals surface area contributed by atoms with Crippen LogP contribution in [0.2, 0.25) is 0 Å². The fourth-order valence-electron chi connectivity index (χ4n) is 3.57. The van der Waals surface area contributed by atoms with Gasteiger partial charge in [-0.1, -0.05) is 38.1 Å². The molecule has 170 valence electrons. The van der Waals surface area contributed by atoms with Crippen LogP contribution < -0.4 is 15.5 Å². The summed E-state index contributed by atoms with van der Waals surface area (Å²) in [5.74, 6) is 0.936. The monoisotopic (exact) mass is 555 g/mol. The average molecular weight is 556 g/mol. The second-order valence-electron chi connectivity index (χ2n) is 8.17. The highest BCUT2D eigenvalue weighted by atomic mass is 127. The van der Waals surface area contributed by atoms with Crippen molar-refractivity contribution in [3.63, 3.8) is 0 Å². The lowest BCUT2D eigenvalue weighted by Gasteiger charge is -2.36. The molecule has 0 unspecified atom stereocenters. The number of benzene rings is 1. The van der Waals surface area contributed by atoms with Gasteiger partial charge in [-0.15, -0.1) is 35.3 Å². The van der Waals surface area contributed by atoms with Crippen LogP contribution in [0.4, 0.5) is 5.69 Å². The second kappa shape index (κ2) is 12.3. The number of aliphatic imine (C=N–C) groups is 1. The SMILES string of the molecule is CN=C(NCCC(=O)N1CCN(c2ccccc2)CC1)NCC(C)(C)c1cccs1.I. The molecule has 2 aromatic rings. The first kappa shape index (κ1) is 25.5. The van der Waals surface area contributed by atoms with E-state index in [1.54, 1.807) is 18.4 Å². The number of hydrogen-bond donors (Lipinski definition) is 2. The summed E-state index contributed by atoms with van der Waals surface area (Å²) in [4.78, 5) is 22.5. The number of piperazine rings is 1. The molecule has 3 rings (SSSR count). The zero-order valence-electron chi connectivity index (χ0n) is 18.6. The topological polar surface area (TPSA) is 60.0 Å². The molecular weight excluding hydrogens is 521 g/mol. The Morgan fingerprint density at radius 2 is 1.77 bits per heavy atom. The zero-order chi connectivity index (χ0) is 21.4. The largest absolute Gasteiger partial charge is 0.368 e. The molecule has 1 aliphatic rings. The van der Waals surface area contributed by atoms with Crippen molar-refractivity contribution in [1.29, 1.82) is 0 Å². The highest BCUT2D eigenvalue weighted by molar-refractivity contribution is 14.0. The number of hydrogen-bond acceptors (Lipinski definition) is 4. The summed E-state index contributed by atoms with van der Waals surface area (Å²) in [6.07, 6.45) is 0.473. The smallest absolute Gasteiger partial charge is 0.224 e. The molecule has 1 saturated heterocycles. The van der Waals surface area contributed by atoms with Gasteiger partial charge in [0.1, 0.15) is 0 Å². The van der Waals surface area contributed by atoms with E-state index in [1.165, 1.54) is 10.6 Å². The number of amides is 1. The summed E-state index contributed by atoms with van der Waals surface area (Å²) in [5.41, 5.74) is 1.26. The number of thiophene rings is 1. The Morgan fingerprint density at radius 3 is 2.39 bits per heavy atom. The van der Waals surface area contributed by atoms with E-state index >= 15 is 0 Å². The van der Waals surface area contributed by atoms with E-state index in [0.29, 0.717) is 13.0 Å². The number of carbonyl (C=O) groups is 1. The summed E-state index contributed by atoms with van der Waals surface area (Å²) in [7, 11) is 1.76. The lowest BCUT2D eigenvalue weighted by molar-refractivity contribution is -0.131. The molecule has 0 atom stereocenters. The maximum absolute atomic E-state index is 12.6. The van der Waals surface area contributed by atoms with Gasteiger partial charge in [-0.05, 0) is 23.6 Å². The Morgan fingerprint density at radius 1 is 1.06 bits per heavy atom. The van der Waals surface area contributed by atoms with Crippen LogP contribution in [0.3, 0.4) is 0 Å². The van der Waals surface area contributed by atoms with Gasteiger partial charge >= 0.3 is 0 Å². The molecule has 0 radical (unpaired) electrons. The maximum atomic E-state index is 12.6. The van der Waals surface area contributed by atoms with E-state index in [2.05, 4.69) is 76.2 Å². The second-order valence-corrected chi connectivity index (χ2v) is 9.11. The number of rotatable bonds is 7. The quantitative estimate of drug-likeness (QED) is 0.312. The summed E-state index contributed by atoms with van der Waals surface area (Å²) in [5, 5.41) is 8.77. The molecular formula is C23H34IN5OS. The third-order valence-electron chi connectivity index (χ3n) is 5.49. The van der Waals surface area contributed by atoms with E-state index < -0.39 is 0 Å². The van der Waals surface area contributed by atoms with Crippen LogP contribution >= 0.6 is 35.3 Å². The Bertz CT molecular complexity index is 818. The van der Waals surface area contributed by atoms with Crippen molar-refractivity contribution in [2.24, 2.45) is 4.99 Å². The lowest BCUT2D eigenvalue weighted by Crippen LogP contribution is -2.49. The van der Waals surface area contributed by atoms with E-state index in [-0.39, 0.29) is 35.3 Å². The normalized spacial score (nSPS) is 14.7. The van der Waals surface area contributed by atoms with Gasteiger partial charge in [0.2, 0.25) is 5.91 Å². The molecule has 0 saturated carbocycles. The zero-order valence-corrected chi connectivity index (χ0v) is 21.8. The number of nitrogens with one attached hydrogen (secondary N) is 2. The molecule has 1 amide bonds. The van der Waals surface area contributed by atoms with Crippen LogP contribution in [-0.2, 0) is 10.2 Å². The Labute approximate surface area is 207 Å². The Hall–Kier alpha value is -1.81. The number of para-hydroxylation sites is 1. The van der Waals surface area contributed by atoms with Crippen molar-refractivity contribution < 1.29 is 4.79 Å². The molecule has 1 fully saturated rings. The number of nitrogens with zero attached hydrogens (tertiary/aromatic N) is 3. The van der Waals surface area contributed by atoms with E-state index in [1.807, 2.05) is 11.0 Å². The molecule has 31 heavy (non-hydrogen) atoms. The minimum atomic E-state index is 0. The highest BCUT2D eigenvalue weighted by Gasteiger charge is 2.23. The predicted octanol–water partition coefficient (Wildman–Crippen LogP) is 3.55. The number of guanidine groups is 1. The lowest BCUT2D eigenvalue weighted by atomic mass is 9.91. The van der Waals surface area contributed by atoms with Gasteiger partial charge in [-0.3, -0.25) is 9.79 Å². The van der Waals surface area contributed by atoms with Crippen LogP contribution in [-0.4, -0.2) is 63.1 Å². The summed E-state index contributed by atoms with van der Waals surface area (Å²) < 4.78 is 0. The molecule has 8 heteroatoms. The van der Waals surface area contributed by atoms with Crippen LogP contribution in [0.15, 0.2) is 52.8 Å². The Kier molecular flexibility index (Phi) is 10.1. The molecule has 0 spiro atoms. The van der Waals surface area contributed by atoms with E-state index in [9.17, 15) is 4.79 Å². The van der Waals surface area contributed by atoms with Crippen molar-refractivity contribution in [3.05, 3.63) is 52.7 Å². The van der Waals surface area contributed by atoms with Gasteiger partial charge in [-0.2, -0.15) is 0 Å². The van der Waals surface area contributed by atoms with Crippen LogP contribution in [0.1, 0.15) is 25.1 Å². The molecule has 1 aromatic carbocycles. The number of carbonyl (C=O) groups excluding carboxylic acids is 1. The van der Waals surface area contributed by atoms with E-state index in [4.69, 9.17) is 0 Å². The standard InChI is InChI=1S/C23H33N5OS.HI/c1-23(2,20-10-7-17-30-20)18-26-22(24-3)25-12-11-21(29)28-15-13-27(14-16-28)19-8-5-4-6-9-19;/h4-10,17H,11-16,18H2,1-3H3,(H2,24,25,26);1H. The fourth-order valence-corrected chi connectivity index (χ4v) is 4.43. The molecule has 1 aliphatic heterocycles.